The average Bonchev–Trinajstić information content (AvgIpc) is 2.87. The Bertz CT molecular complexity index is 287. The van der Waals surface area contributed by atoms with Crippen molar-refractivity contribution < 1.29 is 14.3 Å². The normalized spacial score (nSPS) is 19.2. The van der Waals surface area contributed by atoms with Crippen LogP contribution in [0.2, 0.25) is 0 Å². The second-order valence-corrected chi connectivity index (χ2v) is 6.23. The minimum Gasteiger partial charge on any atom is -0.465 e. The van der Waals surface area contributed by atoms with Crippen molar-refractivity contribution in [1.29, 1.82) is 0 Å². The number of hydrogen-bond donors (Lipinski definition) is 1. The van der Waals surface area contributed by atoms with E-state index in [4.69, 9.17) is 9.47 Å². The molecular formula is C16H31NO3. The lowest BCUT2D eigenvalue weighted by Gasteiger charge is -2.30. The molecule has 1 rings (SSSR count). The molecule has 0 aromatic carbocycles. The van der Waals surface area contributed by atoms with Gasteiger partial charge < -0.3 is 9.47 Å². The smallest absolute Gasteiger partial charge is 0.326 e. The van der Waals surface area contributed by atoms with Gasteiger partial charge in [-0.2, -0.15) is 0 Å². The van der Waals surface area contributed by atoms with Gasteiger partial charge in [0, 0.05) is 12.6 Å². The Morgan fingerprint density at radius 1 is 1.35 bits per heavy atom. The molecule has 4 nitrogen and oxygen atoms in total. The standard InChI is InChI=1S/C16H31NO3/c1-5-19-15(18)16(4,17-13(2)3)11-8-12-20-14-9-6-7-10-14/h13-14,17H,5-12H2,1-4H3. The summed E-state index contributed by atoms with van der Waals surface area (Å²) in [5, 5.41) is 3.34. The molecule has 0 bridgehead atoms. The highest BCUT2D eigenvalue weighted by Crippen LogP contribution is 2.22. The van der Waals surface area contributed by atoms with Crippen LogP contribution in [0, 0.1) is 0 Å². The second-order valence-electron chi connectivity index (χ2n) is 6.23. The molecule has 0 aromatic rings. The summed E-state index contributed by atoms with van der Waals surface area (Å²) in [6.07, 6.45) is 7.04. The predicted octanol–water partition coefficient (Wildman–Crippen LogP) is 3.05. The largest absolute Gasteiger partial charge is 0.465 e. The summed E-state index contributed by atoms with van der Waals surface area (Å²) in [7, 11) is 0. The monoisotopic (exact) mass is 285 g/mol. The number of rotatable bonds is 9. The molecule has 0 amide bonds. The lowest BCUT2D eigenvalue weighted by Crippen LogP contribution is -2.53. The highest BCUT2D eigenvalue weighted by atomic mass is 16.5. The third-order valence-corrected chi connectivity index (χ3v) is 3.81. The molecule has 0 radical (unpaired) electrons. The molecular weight excluding hydrogens is 254 g/mol. The summed E-state index contributed by atoms with van der Waals surface area (Å²) in [6, 6.07) is 0.250. The van der Waals surface area contributed by atoms with Gasteiger partial charge in [0.25, 0.3) is 0 Å². The highest BCUT2D eigenvalue weighted by molar-refractivity contribution is 5.80. The molecule has 4 heteroatoms. The van der Waals surface area contributed by atoms with E-state index in [0.29, 0.717) is 12.7 Å². The van der Waals surface area contributed by atoms with E-state index in [2.05, 4.69) is 5.32 Å². The summed E-state index contributed by atoms with van der Waals surface area (Å²) in [4.78, 5) is 12.1. The molecule has 0 aromatic heterocycles. The van der Waals surface area contributed by atoms with Crippen molar-refractivity contribution in [3.05, 3.63) is 0 Å². The number of carbonyl (C=O) groups excluding carboxylic acids is 1. The van der Waals surface area contributed by atoms with Crippen LogP contribution in [-0.2, 0) is 14.3 Å². The molecule has 1 unspecified atom stereocenters. The first-order valence-electron chi connectivity index (χ1n) is 8.04. The molecule has 20 heavy (non-hydrogen) atoms. The van der Waals surface area contributed by atoms with Crippen LogP contribution in [0.3, 0.4) is 0 Å². The summed E-state index contributed by atoms with van der Waals surface area (Å²) in [6.45, 7) is 9.03. The van der Waals surface area contributed by atoms with Crippen molar-refractivity contribution in [1.82, 2.24) is 5.32 Å². The average molecular weight is 285 g/mol. The van der Waals surface area contributed by atoms with E-state index in [1.54, 1.807) is 0 Å². The van der Waals surface area contributed by atoms with Gasteiger partial charge in [0.05, 0.1) is 12.7 Å². The summed E-state index contributed by atoms with van der Waals surface area (Å²) < 4.78 is 11.1. The van der Waals surface area contributed by atoms with Crippen LogP contribution in [0.4, 0.5) is 0 Å². The van der Waals surface area contributed by atoms with Crippen LogP contribution in [0.5, 0.6) is 0 Å². The first-order chi connectivity index (χ1) is 9.48. The quantitative estimate of drug-likeness (QED) is 0.522. The van der Waals surface area contributed by atoms with Crippen molar-refractivity contribution in [3.63, 3.8) is 0 Å². The Morgan fingerprint density at radius 2 is 2.00 bits per heavy atom. The van der Waals surface area contributed by atoms with Gasteiger partial charge in [-0.3, -0.25) is 10.1 Å². The minimum absolute atomic E-state index is 0.158. The van der Waals surface area contributed by atoms with Crippen molar-refractivity contribution >= 4 is 5.97 Å². The van der Waals surface area contributed by atoms with Crippen LogP contribution in [-0.4, -0.2) is 36.9 Å². The van der Waals surface area contributed by atoms with E-state index < -0.39 is 5.54 Å². The SMILES string of the molecule is CCOC(=O)C(C)(CCCOC1CCCC1)NC(C)C. The van der Waals surface area contributed by atoms with Gasteiger partial charge in [0.15, 0.2) is 0 Å². The van der Waals surface area contributed by atoms with Crippen LogP contribution in [0.15, 0.2) is 0 Å². The van der Waals surface area contributed by atoms with Crippen molar-refractivity contribution in [2.24, 2.45) is 0 Å². The fourth-order valence-electron chi connectivity index (χ4n) is 2.89. The Balaban J connectivity index is 2.36. The molecule has 1 fully saturated rings. The number of hydrogen-bond acceptors (Lipinski definition) is 4. The number of nitrogens with one attached hydrogen (secondary N) is 1. The van der Waals surface area contributed by atoms with Gasteiger partial charge in [-0.1, -0.05) is 12.8 Å². The second kappa shape index (κ2) is 8.63. The fourth-order valence-corrected chi connectivity index (χ4v) is 2.89. The Labute approximate surface area is 123 Å². The van der Waals surface area contributed by atoms with Gasteiger partial charge in [0.2, 0.25) is 0 Å². The zero-order valence-corrected chi connectivity index (χ0v) is 13.5. The van der Waals surface area contributed by atoms with Crippen LogP contribution >= 0.6 is 0 Å². The first kappa shape index (κ1) is 17.4. The van der Waals surface area contributed by atoms with Crippen molar-refractivity contribution in [2.45, 2.75) is 83.9 Å². The summed E-state index contributed by atoms with van der Waals surface area (Å²) in [5.74, 6) is -0.158. The molecule has 118 valence electrons. The molecule has 1 atom stereocenters. The van der Waals surface area contributed by atoms with Crippen LogP contribution < -0.4 is 5.32 Å². The van der Waals surface area contributed by atoms with Crippen LogP contribution in [0.1, 0.15) is 66.2 Å². The van der Waals surface area contributed by atoms with Gasteiger partial charge in [-0.05, 0) is 53.4 Å². The maximum Gasteiger partial charge on any atom is 0.326 e. The number of esters is 1. The molecule has 1 N–H and O–H groups in total. The van der Waals surface area contributed by atoms with Gasteiger partial charge >= 0.3 is 5.97 Å². The van der Waals surface area contributed by atoms with E-state index in [-0.39, 0.29) is 12.0 Å². The summed E-state index contributed by atoms with van der Waals surface area (Å²) in [5.41, 5.74) is -0.608. The Kier molecular flexibility index (Phi) is 7.52. The number of carbonyl (C=O) groups is 1. The Hall–Kier alpha value is -0.610. The zero-order chi connectivity index (χ0) is 15.0. The van der Waals surface area contributed by atoms with Gasteiger partial charge in [-0.15, -0.1) is 0 Å². The van der Waals surface area contributed by atoms with E-state index >= 15 is 0 Å². The number of ether oxygens (including phenoxy) is 2. The van der Waals surface area contributed by atoms with Crippen molar-refractivity contribution in [3.8, 4) is 0 Å². The molecule has 1 aliphatic carbocycles. The van der Waals surface area contributed by atoms with Gasteiger partial charge in [0.1, 0.15) is 5.54 Å². The van der Waals surface area contributed by atoms with E-state index in [0.717, 1.165) is 19.4 Å². The van der Waals surface area contributed by atoms with Crippen LogP contribution in [0.25, 0.3) is 0 Å². The van der Waals surface area contributed by atoms with E-state index in [1.807, 2.05) is 27.7 Å². The predicted molar refractivity (Wildman–Crippen MR) is 80.8 cm³/mol. The Morgan fingerprint density at radius 3 is 2.55 bits per heavy atom. The summed E-state index contributed by atoms with van der Waals surface area (Å²) >= 11 is 0. The lowest BCUT2D eigenvalue weighted by atomic mass is 9.95. The minimum atomic E-state index is -0.608. The molecule has 0 aliphatic heterocycles. The van der Waals surface area contributed by atoms with Gasteiger partial charge in [-0.25, -0.2) is 0 Å². The van der Waals surface area contributed by atoms with Crippen molar-refractivity contribution in [2.75, 3.05) is 13.2 Å². The van der Waals surface area contributed by atoms with E-state index in [1.165, 1.54) is 25.7 Å². The molecule has 0 spiro atoms. The molecule has 0 heterocycles. The molecule has 1 aliphatic rings. The molecule has 1 saturated carbocycles. The molecule has 0 saturated heterocycles. The maximum atomic E-state index is 12.1. The topological polar surface area (TPSA) is 47.6 Å². The maximum absolute atomic E-state index is 12.1. The zero-order valence-electron chi connectivity index (χ0n) is 13.5. The third-order valence-electron chi connectivity index (χ3n) is 3.81. The van der Waals surface area contributed by atoms with E-state index in [9.17, 15) is 4.79 Å². The first-order valence-corrected chi connectivity index (χ1v) is 8.04. The third kappa shape index (κ3) is 5.80. The highest BCUT2D eigenvalue weighted by Gasteiger charge is 2.34. The fraction of sp³-hybridized carbons (Fsp3) is 0.938. The lowest BCUT2D eigenvalue weighted by molar-refractivity contribution is -0.151.